The fourth-order valence-corrected chi connectivity index (χ4v) is 3.52. The first-order valence-corrected chi connectivity index (χ1v) is 7.68. The molecule has 1 N–H and O–H groups in total. The maximum absolute atomic E-state index is 12.1. The molecule has 0 saturated carbocycles. The molecule has 104 valence electrons. The first-order valence-electron chi connectivity index (χ1n) is 5.73. The van der Waals surface area contributed by atoms with E-state index in [0.29, 0.717) is 16.6 Å². The average molecular weight is 356 g/mol. The lowest BCUT2D eigenvalue weighted by molar-refractivity contribution is -0.385. The molecule has 1 aliphatic rings. The van der Waals surface area contributed by atoms with Gasteiger partial charge in [0.05, 0.1) is 15.5 Å². The van der Waals surface area contributed by atoms with Crippen LogP contribution < -0.4 is 5.32 Å². The lowest BCUT2D eigenvalue weighted by atomic mass is 10.0. The van der Waals surface area contributed by atoms with E-state index in [2.05, 4.69) is 27.3 Å². The number of nitrogens with one attached hydrogen (secondary N) is 1. The molecule has 0 radical (unpaired) electrons. The van der Waals surface area contributed by atoms with Crippen molar-refractivity contribution in [3.63, 3.8) is 0 Å². The van der Waals surface area contributed by atoms with Crippen molar-refractivity contribution >= 4 is 39.3 Å². The van der Waals surface area contributed by atoms with Crippen LogP contribution in [-0.2, 0) is 0 Å². The van der Waals surface area contributed by atoms with Gasteiger partial charge in [-0.15, -0.1) is 0 Å². The van der Waals surface area contributed by atoms with Crippen LogP contribution in [0.2, 0.25) is 0 Å². The lowest BCUT2D eigenvalue weighted by Gasteiger charge is -2.21. The van der Waals surface area contributed by atoms with Crippen LogP contribution in [0.25, 0.3) is 0 Å². The van der Waals surface area contributed by atoms with Crippen molar-refractivity contribution in [3.05, 3.63) is 38.3 Å². The second-order valence-corrected chi connectivity index (χ2v) is 6.33. The summed E-state index contributed by atoms with van der Waals surface area (Å²) in [5, 5.41) is 22.7. The van der Waals surface area contributed by atoms with Gasteiger partial charge < -0.3 is 5.32 Å². The van der Waals surface area contributed by atoms with E-state index in [1.54, 1.807) is 11.8 Å². The van der Waals surface area contributed by atoms with Crippen LogP contribution >= 0.6 is 27.7 Å². The van der Waals surface area contributed by atoms with Crippen LogP contribution in [0, 0.1) is 21.4 Å². The standard InChI is InChI=1S/C12H10BrN3O3S/c13-9-2-1-8(5-10(9)16(18)19)11(17)15-12(6-14)3-4-20-7-12/h1-2,5H,3-4,7H2,(H,15,17). The molecule has 1 heterocycles. The van der Waals surface area contributed by atoms with Gasteiger partial charge in [0.25, 0.3) is 11.6 Å². The number of halogens is 1. The number of nitro groups is 1. The molecule has 6 nitrogen and oxygen atoms in total. The van der Waals surface area contributed by atoms with Crippen LogP contribution in [0.1, 0.15) is 16.8 Å². The summed E-state index contributed by atoms with van der Waals surface area (Å²) in [7, 11) is 0. The van der Waals surface area contributed by atoms with Crippen LogP contribution in [0.5, 0.6) is 0 Å². The Morgan fingerprint density at radius 3 is 2.90 bits per heavy atom. The molecular formula is C12H10BrN3O3S. The maximum atomic E-state index is 12.1. The number of carbonyl (C=O) groups excluding carboxylic acids is 1. The van der Waals surface area contributed by atoms with E-state index in [1.807, 2.05) is 0 Å². The number of nitriles is 1. The van der Waals surface area contributed by atoms with Gasteiger partial charge in [0.2, 0.25) is 0 Å². The van der Waals surface area contributed by atoms with Crippen LogP contribution in [-0.4, -0.2) is 27.9 Å². The van der Waals surface area contributed by atoms with Crippen molar-refractivity contribution in [2.45, 2.75) is 12.0 Å². The Hall–Kier alpha value is -1.59. The first-order chi connectivity index (χ1) is 9.47. The topological polar surface area (TPSA) is 96.0 Å². The molecule has 1 saturated heterocycles. The molecule has 1 atom stereocenters. The molecule has 1 unspecified atom stereocenters. The first kappa shape index (κ1) is 14.8. The van der Waals surface area contributed by atoms with Crippen molar-refractivity contribution in [2.24, 2.45) is 0 Å². The number of nitro benzene ring substituents is 1. The molecule has 1 aliphatic heterocycles. The smallest absolute Gasteiger partial charge is 0.284 e. The molecule has 0 aromatic heterocycles. The van der Waals surface area contributed by atoms with Gasteiger partial charge in [-0.25, -0.2) is 0 Å². The Morgan fingerprint density at radius 2 is 2.35 bits per heavy atom. The summed E-state index contributed by atoms with van der Waals surface area (Å²) in [6.07, 6.45) is 0.582. The van der Waals surface area contributed by atoms with Gasteiger partial charge in [-0.3, -0.25) is 14.9 Å². The van der Waals surface area contributed by atoms with Crippen molar-refractivity contribution in [2.75, 3.05) is 11.5 Å². The minimum atomic E-state index is -0.871. The molecular weight excluding hydrogens is 346 g/mol. The van der Waals surface area contributed by atoms with E-state index in [9.17, 15) is 20.2 Å². The second kappa shape index (κ2) is 5.81. The third-order valence-electron chi connectivity index (χ3n) is 2.99. The minimum absolute atomic E-state index is 0.173. The van der Waals surface area contributed by atoms with Crippen molar-refractivity contribution in [3.8, 4) is 6.07 Å². The number of rotatable bonds is 3. The summed E-state index contributed by atoms with van der Waals surface area (Å²) in [4.78, 5) is 22.4. The predicted molar refractivity (Wildman–Crippen MR) is 78.5 cm³/mol. The van der Waals surface area contributed by atoms with Crippen LogP contribution in [0.15, 0.2) is 22.7 Å². The third-order valence-corrected chi connectivity index (χ3v) is 4.85. The van der Waals surface area contributed by atoms with Crippen LogP contribution in [0.4, 0.5) is 5.69 Å². The summed E-state index contributed by atoms with van der Waals surface area (Å²) < 4.78 is 0.311. The molecule has 0 bridgehead atoms. The summed E-state index contributed by atoms with van der Waals surface area (Å²) in [5.41, 5.74) is -0.875. The Kier molecular flexibility index (Phi) is 4.30. The van der Waals surface area contributed by atoms with E-state index in [-0.39, 0.29) is 11.3 Å². The molecule has 1 fully saturated rings. The zero-order chi connectivity index (χ0) is 14.8. The summed E-state index contributed by atoms with van der Waals surface area (Å²) >= 11 is 4.66. The zero-order valence-electron chi connectivity index (χ0n) is 10.3. The lowest BCUT2D eigenvalue weighted by Crippen LogP contribution is -2.47. The molecule has 8 heteroatoms. The maximum Gasteiger partial charge on any atom is 0.284 e. The number of amides is 1. The van der Waals surface area contributed by atoms with E-state index >= 15 is 0 Å². The molecule has 2 rings (SSSR count). The molecule has 1 aromatic carbocycles. The fourth-order valence-electron chi connectivity index (χ4n) is 1.86. The second-order valence-electron chi connectivity index (χ2n) is 4.37. The quantitative estimate of drug-likeness (QED) is 0.663. The Morgan fingerprint density at radius 1 is 1.60 bits per heavy atom. The van der Waals surface area contributed by atoms with Crippen molar-refractivity contribution in [1.29, 1.82) is 5.26 Å². The van der Waals surface area contributed by atoms with E-state index in [4.69, 9.17) is 0 Å². The fraction of sp³-hybridized carbons (Fsp3) is 0.333. The van der Waals surface area contributed by atoms with Crippen molar-refractivity contribution < 1.29 is 9.72 Å². The normalized spacial score (nSPS) is 21.2. The van der Waals surface area contributed by atoms with Gasteiger partial charge in [0, 0.05) is 17.4 Å². The summed E-state index contributed by atoms with van der Waals surface area (Å²) in [5.74, 6) is 0.881. The molecule has 0 aliphatic carbocycles. The molecule has 20 heavy (non-hydrogen) atoms. The number of nitrogens with zero attached hydrogens (tertiary/aromatic N) is 2. The number of thioether (sulfide) groups is 1. The highest BCUT2D eigenvalue weighted by molar-refractivity contribution is 9.10. The zero-order valence-corrected chi connectivity index (χ0v) is 12.7. The predicted octanol–water partition coefficient (Wildman–Crippen LogP) is 2.49. The Labute approximate surface area is 127 Å². The third kappa shape index (κ3) is 2.94. The average Bonchev–Trinajstić information content (AvgIpc) is 2.88. The van der Waals surface area contributed by atoms with E-state index in [0.717, 1.165) is 5.75 Å². The highest BCUT2D eigenvalue weighted by Crippen LogP contribution is 2.29. The van der Waals surface area contributed by atoms with Gasteiger partial charge >= 0.3 is 0 Å². The highest BCUT2D eigenvalue weighted by atomic mass is 79.9. The summed E-state index contributed by atoms with van der Waals surface area (Å²) in [6.45, 7) is 0. The van der Waals surface area contributed by atoms with Crippen LogP contribution in [0.3, 0.4) is 0 Å². The number of carbonyl (C=O) groups is 1. The number of hydrogen-bond donors (Lipinski definition) is 1. The SMILES string of the molecule is N#CC1(NC(=O)c2ccc(Br)c([N+](=O)[O-])c2)CCSC1. The highest BCUT2D eigenvalue weighted by Gasteiger charge is 2.36. The molecule has 1 aromatic rings. The van der Waals surface area contributed by atoms with Gasteiger partial charge in [0.1, 0.15) is 5.54 Å². The molecule has 1 amide bonds. The number of benzene rings is 1. The monoisotopic (exact) mass is 355 g/mol. The molecule has 0 spiro atoms. The van der Waals surface area contributed by atoms with E-state index in [1.165, 1.54) is 18.2 Å². The number of hydrogen-bond acceptors (Lipinski definition) is 5. The summed E-state index contributed by atoms with van der Waals surface area (Å²) in [6, 6.07) is 6.27. The minimum Gasteiger partial charge on any atom is -0.333 e. The van der Waals surface area contributed by atoms with Gasteiger partial charge in [-0.05, 0) is 40.2 Å². The Balaban J connectivity index is 2.24. The largest absolute Gasteiger partial charge is 0.333 e. The van der Waals surface area contributed by atoms with Gasteiger partial charge in [0.15, 0.2) is 0 Å². The van der Waals surface area contributed by atoms with E-state index < -0.39 is 16.4 Å². The van der Waals surface area contributed by atoms with Crippen molar-refractivity contribution in [1.82, 2.24) is 5.32 Å². The van der Waals surface area contributed by atoms with Gasteiger partial charge in [-0.2, -0.15) is 17.0 Å². The Bertz CT molecular complexity index is 608. The van der Waals surface area contributed by atoms with Gasteiger partial charge in [-0.1, -0.05) is 0 Å².